The van der Waals surface area contributed by atoms with Gasteiger partial charge in [0.2, 0.25) is 0 Å². The smallest absolute Gasteiger partial charge is 0.102 e. The minimum absolute atomic E-state index is 0.0258. The summed E-state index contributed by atoms with van der Waals surface area (Å²) in [6, 6.07) is 15.3. The molecule has 0 bridgehead atoms. The van der Waals surface area contributed by atoms with Crippen LogP contribution in [-0.2, 0) is 10.8 Å². The zero-order valence-corrected chi connectivity index (χ0v) is 38.8. The normalized spacial score (nSPS) is 19.4. The molecule has 0 atom stereocenters. The average Bonchev–Trinajstić information content (AvgIpc) is 3.82. The molecule has 54 heavy (non-hydrogen) atoms. The molecule has 0 aliphatic carbocycles. The molecule has 8 heteroatoms. The van der Waals surface area contributed by atoms with Crippen LogP contribution in [-0.4, -0.2) is 51.1 Å². The summed E-state index contributed by atoms with van der Waals surface area (Å²) in [5, 5.41) is 17.6. The maximum absolute atomic E-state index is 5.43. The molecular formula is C46H54N4Si4. The highest BCUT2D eigenvalue weighted by Gasteiger charge is 2.49. The van der Waals surface area contributed by atoms with Crippen LogP contribution in [0.15, 0.2) is 48.8 Å². The van der Waals surface area contributed by atoms with Crippen molar-refractivity contribution < 1.29 is 0 Å². The Hall–Kier alpha value is -3.57. The quantitative estimate of drug-likeness (QED) is 0.144. The van der Waals surface area contributed by atoms with Crippen molar-refractivity contribution in [3.8, 4) is 0 Å². The fourth-order valence-corrected chi connectivity index (χ4v) is 42.5. The van der Waals surface area contributed by atoms with Crippen LogP contribution < -0.4 is 21.0 Å². The van der Waals surface area contributed by atoms with Crippen LogP contribution in [0, 0.1) is 0 Å². The molecule has 11 rings (SSSR count). The Morgan fingerprint density at radius 3 is 1.15 bits per heavy atom. The van der Waals surface area contributed by atoms with E-state index in [0.29, 0.717) is 0 Å². The number of fused-ring (bicyclic) bond motifs is 16. The summed E-state index contributed by atoms with van der Waals surface area (Å²) in [6.07, 6.45) is 4.53. The van der Waals surface area contributed by atoms with Crippen molar-refractivity contribution >= 4 is 129 Å². The molecule has 2 aliphatic heterocycles. The molecule has 0 radical (unpaired) electrons. The first kappa shape index (κ1) is 33.7. The van der Waals surface area contributed by atoms with Gasteiger partial charge in [-0.1, -0.05) is 105 Å². The minimum atomic E-state index is -1.69. The van der Waals surface area contributed by atoms with Crippen LogP contribution in [0.1, 0.15) is 52.7 Å². The van der Waals surface area contributed by atoms with E-state index in [1.165, 1.54) is 109 Å². The Balaban J connectivity index is 1.37. The molecule has 3 aromatic carbocycles. The van der Waals surface area contributed by atoms with Crippen LogP contribution in [0.4, 0.5) is 0 Å². The summed E-state index contributed by atoms with van der Waals surface area (Å²) in [6.45, 7) is 35.0. The third kappa shape index (κ3) is 3.93. The van der Waals surface area contributed by atoms with Gasteiger partial charge in [-0.2, -0.15) is 0 Å². The lowest BCUT2D eigenvalue weighted by Crippen LogP contribution is -2.46. The lowest BCUT2D eigenvalue weighted by Gasteiger charge is -2.21. The van der Waals surface area contributed by atoms with Gasteiger partial charge < -0.3 is 8.80 Å². The standard InChI is InChI=1S/C46H54N4Si4/c1-45(2,3)25-15-29-27-19-34-28(20-33(27)49-35-21-47-43-41(37(35)31(17-25)39(29)49)51(7,8)23-53(43,11)12)30-16-26(46(4,5)6)18-32-38-36(50(34)40(30)32)22-48-44-42(38)52(9,10)24-54(44,13)14/h15-22H,23-24H2,1-14H3. The van der Waals surface area contributed by atoms with Crippen molar-refractivity contribution in [1.29, 1.82) is 0 Å². The fraction of sp³-hybridized carbons (Fsp3) is 0.391. The molecule has 8 heterocycles. The van der Waals surface area contributed by atoms with Gasteiger partial charge in [0.05, 0.1) is 61.6 Å². The third-order valence-corrected chi connectivity index (χ3v) is 35.8. The number of rotatable bonds is 0. The Morgan fingerprint density at radius 1 is 0.444 bits per heavy atom. The number of hydrogen-bond donors (Lipinski definition) is 0. The molecule has 6 aromatic heterocycles. The number of aromatic nitrogens is 4. The number of nitrogens with zero attached hydrogens (tertiary/aromatic N) is 4. The SMILES string of the molecule is CC(C)(C)c1cc2c3cc4c(cc3n3c5cnc6c(c5c(c1)c23)[Si](C)(C)C[Si]6(C)C)c1cc(C(C)(C)C)cc2c3c5c(ncc3n4c12)[Si](C)(C)C[Si]5(C)C. The summed E-state index contributed by atoms with van der Waals surface area (Å²) >= 11 is 0. The van der Waals surface area contributed by atoms with Crippen molar-refractivity contribution in [3.05, 3.63) is 59.9 Å². The number of benzene rings is 3. The van der Waals surface area contributed by atoms with Gasteiger partial charge in [-0.05, 0) is 68.7 Å². The van der Waals surface area contributed by atoms with E-state index in [2.05, 4.69) is 152 Å². The molecule has 0 saturated heterocycles. The topological polar surface area (TPSA) is 34.6 Å². The highest BCUT2D eigenvalue weighted by atomic mass is 28.4. The second kappa shape index (κ2) is 9.51. The van der Waals surface area contributed by atoms with Crippen molar-refractivity contribution in [2.75, 3.05) is 0 Å². The Labute approximate surface area is 322 Å². The Kier molecular flexibility index (Phi) is 5.94. The molecule has 274 valence electrons. The van der Waals surface area contributed by atoms with Crippen molar-refractivity contribution in [2.45, 2.75) is 116 Å². The lowest BCUT2D eigenvalue weighted by molar-refractivity contribution is 0.591. The first-order valence-electron chi connectivity index (χ1n) is 20.3. The zero-order chi connectivity index (χ0) is 38.2. The minimum Gasteiger partial charge on any atom is -0.306 e. The third-order valence-electron chi connectivity index (χ3n) is 14.1. The van der Waals surface area contributed by atoms with Crippen molar-refractivity contribution in [2.24, 2.45) is 0 Å². The maximum Gasteiger partial charge on any atom is 0.102 e. The highest BCUT2D eigenvalue weighted by Crippen LogP contribution is 2.47. The Bertz CT molecular complexity index is 2960. The first-order valence-corrected chi connectivity index (χ1v) is 33.1. The van der Waals surface area contributed by atoms with Crippen molar-refractivity contribution in [3.63, 3.8) is 0 Å². The van der Waals surface area contributed by atoms with Crippen LogP contribution in [0.3, 0.4) is 0 Å². The predicted molar refractivity (Wildman–Crippen MR) is 247 cm³/mol. The van der Waals surface area contributed by atoms with Gasteiger partial charge in [-0.15, -0.1) is 0 Å². The van der Waals surface area contributed by atoms with Gasteiger partial charge in [0.25, 0.3) is 0 Å². The van der Waals surface area contributed by atoms with Crippen LogP contribution in [0.2, 0.25) is 63.7 Å². The predicted octanol–water partition coefficient (Wildman–Crippen LogP) is 10.1. The molecule has 4 nitrogen and oxygen atoms in total. The average molecular weight is 775 g/mol. The van der Waals surface area contributed by atoms with E-state index in [-0.39, 0.29) is 10.8 Å². The van der Waals surface area contributed by atoms with E-state index in [4.69, 9.17) is 9.97 Å². The maximum atomic E-state index is 5.43. The van der Waals surface area contributed by atoms with E-state index in [9.17, 15) is 0 Å². The second-order valence-electron chi connectivity index (χ2n) is 22.3. The summed E-state index contributed by atoms with van der Waals surface area (Å²) < 4.78 is 5.25. The molecule has 0 saturated carbocycles. The molecule has 9 aromatic rings. The van der Waals surface area contributed by atoms with Crippen molar-refractivity contribution in [1.82, 2.24) is 18.8 Å². The van der Waals surface area contributed by atoms with Crippen LogP contribution >= 0.6 is 0 Å². The number of hydrogen-bond acceptors (Lipinski definition) is 2. The van der Waals surface area contributed by atoms with Gasteiger partial charge >= 0.3 is 0 Å². The van der Waals surface area contributed by atoms with Gasteiger partial charge in [0.1, 0.15) is 16.1 Å². The lowest BCUT2D eigenvalue weighted by atomic mass is 9.85. The second-order valence-corrected chi connectivity index (χ2v) is 42.1. The van der Waals surface area contributed by atoms with Gasteiger partial charge in [-0.3, -0.25) is 9.97 Å². The van der Waals surface area contributed by atoms with Gasteiger partial charge in [-0.25, -0.2) is 0 Å². The van der Waals surface area contributed by atoms with Gasteiger partial charge in [0.15, 0.2) is 0 Å². The molecule has 0 fully saturated rings. The summed E-state index contributed by atoms with van der Waals surface area (Å²) in [4.78, 5) is 10.9. The molecule has 0 unspecified atom stereocenters. The van der Waals surface area contributed by atoms with E-state index < -0.39 is 32.3 Å². The van der Waals surface area contributed by atoms with Crippen LogP contribution in [0.5, 0.6) is 0 Å². The highest BCUT2D eigenvalue weighted by molar-refractivity contribution is 7.15. The monoisotopic (exact) mass is 774 g/mol. The van der Waals surface area contributed by atoms with Gasteiger partial charge in [0, 0.05) is 53.7 Å². The molecule has 0 amide bonds. The Morgan fingerprint density at radius 2 is 0.796 bits per heavy atom. The largest absolute Gasteiger partial charge is 0.306 e. The zero-order valence-electron chi connectivity index (χ0n) is 34.8. The summed E-state index contributed by atoms with van der Waals surface area (Å²) in [7, 11) is -6.60. The van der Waals surface area contributed by atoms with Crippen LogP contribution in [0.25, 0.3) is 76.2 Å². The molecule has 0 N–H and O–H groups in total. The molecular weight excluding hydrogens is 721 g/mol. The van der Waals surface area contributed by atoms with E-state index in [1.54, 1.807) is 10.4 Å². The summed E-state index contributed by atoms with van der Waals surface area (Å²) in [5.41, 5.74) is 13.7. The molecule has 2 aliphatic rings. The van der Waals surface area contributed by atoms with E-state index in [1.807, 2.05) is 0 Å². The van der Waals surface area contributed by atoms with E-state index >= 15 is 0 Å². The van der Waals surface area contributed by atoms with E-state index in [0.717, 1.165) is 0 Å². The fourth-order valence-electron chi connectivity index (χ4n) is 12.3. The summed E-state index contributed by atoms with van der Waals surface area (Å²) in [5.74, 6) is 0. The molecule has 0 spiro atoms. The number of pyridine rings is 2. The first-order chi connectivity index (χ1) is 25.0.